The molecule has 29 heavy (non-hydrogen) atoms. The van der Waals surface area contributed by atoms with Crippen LogP contribution in [0.25, 0.3) is 10.6 Å². The van der Waals surface area contributed by atoms with Gasteiger partial charge >= 0.3 is 0 Å². The fourth-order valence-electron chi connectivity index (χ4n) is 3.52. The van der Waals surface area contributed by atoms with Crippen molar-refractivity contribution in [3.05, 3.63) is 64.4 Å². The van der Waals surface area contributed by atoms with Crippen LogP contribution in [0.3, 0.4) is 0 Å². The fraction of sp³-hybridized carbons (Fsp3) is 0.273. The van der Waals surface area contributed by atoms with Crippen LogP contribution in [0, 0.1) is 5.82 Å². The van der Waals surface area contributed by atoms with Gasteiger partial charge in [-0.1, -0.05) is 29.8 Å². The Hall–Kier alpha value is -2.44. The zero-order chi connectivity index (χ0) is 20.2. The predicted molar refractivity (Wildman–Crippen MR) is 117 cm³/mol. The predicted octanol–water partition coefficient (Wildman–Crippen LogP) is 5.77. The topological polar surface area (TPSA) is 45.2 Å². The number of carbonyl (C=O) groups excluding carboxylic acids is 1. The molecule has 0 spiro atoms. The fourth-order valence-corrected chi connectivity index (χ4v) is 4.66. The normalized spacial score (nSPS) is 14.1. The zero-order valence-electron chi connectivity index (χ0n) is 15.8. The Labute approximate surface area is 178 Å². The van der Waals surface area contributed by atoms with Gasteiger partial charge in [0.1, 0.15) is 10.8 Å². The molecule has 1 amide bonds. The van der Waals surface area contributed by atoms with E-state index in [1.807, 2.05) is 29.6 Å². The highest BCUT2D eigenvalue weighted by molar-refractivity contribution is 7.13. The van der Waals surface area contributed by atoms with Gasteiger partial charge in [0, 0.05) is 24.0 Å². The molecule has 7 heteroatoms. The minimum atomic E-state index is -0.365. The van der Waals surface area contributed by atoms with Crippen molar-refractivity contribution in [1.29, 1.82) is 0 Å². The van der Waals surface area contributed by atoms with E-state index in [9.17, 15) is 9.18 Å². The third kappa shape index (κ3) is 4.77. The molecule has 0 aliphatic carbocycles. The molecule has 1 N–H and O–H groups in total. The summed E-state index contributed by atoms with van der Waals surface area (Å²) in [6.45, 7) is 1.84. The van der Waals surface area contributed by atoms with E-state index in [1.165, 1.54) is 29.9 Å². The summed E-state index contributed by atoms with van der Waals surface area (Å²) in [5.41, 5.74) is 2.90. The Morgan fingerprint density at radius 2 is 1.97 bits per heavy atom. The molecule has 1 saturated heterocycles. The van der Waals surface area contributed by atoms with Crippen LogP contribution >= 0.6 is 22.9 Å². The van der Waals surface area contributed by atoms with E-state index in [0.717, 1.165) is 42.2 Å². The molecule has 150 valence electrons. The number of aromatic nitrogens is 1. The van der Waals surface area contributed by atoms with Crippen LogP contribution in [0.4, 0.5) is 15.8 Å². The Bertz CT molecular complexity index is 1020. The summed E-state index contributed by atoms with van der Waals surface area (Å²) < 4.78 is 13.8. The second kappa shape index (κ2) is 8.93. The zero-order valence-corrected chi connectivity index (χ0v) is 17.4. The van der Waals surface area contributed by atoms with Crippen LogP contribution in [0.2, 0.25) is 5.02 Å². The Balaban J connectivity index is 1.48. The van der Waals surface area contributed by atoms with Crippen LogP contribution in [-0.4, -0.2) is 24.0 Å². The number of nitrogens with zero attached hydrogens (tertiary/aromatic N) is 2. The summed E-state index contributed by atoms with van der Waals surface area (Å²) >= 11 is 7.68. The maximum absolute atomic E-state index is 13.8. The molecular formula is C22H21ClFN3OS. The summed E-state index contributed by atoms with van der Waals surface area (Å²) in [5, 5.41) is 6.14. The van der Waals surface area contributed by atoms with Crippen molar-refractivity contribution in [3.8, 4) is 10.6 Å². The summed E-state index contributed by atoms with van der Waals surface area (Å²) in [6.07, 6.45) is 3.54. The van der Waals surface area contributed by atoms with E-state index < -0.39 is 0 Å². The van der Waals surface area contributed by atoms with Crippen LogP contribution in [-0.2, 0) is 11.2 Å². The molecule has 3 aromatic rings. The summed E-state index contributed by atoms with van der Waals surface area (Å²) in [6, 6.07) is 12.1. The van der Waals surface area contributed by atoms with Crippen molar-refractivity contribution in [2.24, 2.45) is 0 Å². The minimum absolute atomic E-state index is 0.122. The van der Waals surface area contributed by atoms with E-state index in [-0.39, 0.29) is 18.1 Å². The van der Waals surface area contributed by atoms with Gasteiger partial charge in [0.25, 0.3) is 0 Å². The lowest BCUT2D eigenvalue weighted by atomic mass is 10.1. The molecule has 1 fully saturated rings. The number of amides is 1. The number of rotatable bonds is 5. The lowest BCUT2D eigenvalue weighted by molar-refractivity contribution is -0.115. The van der Waals surface area contributed by atoms with Crippen molar-refractivity contribution in [3.63, 3.8) is 0 Å². The standard InChI is InChI=1S/C22H21ClFN3OS/c23-18-7-3-2-6-17(18)22-25-16(14-29-22)13-21(28)26-19-12-15(24)8-9-20(19)27-10-4-1-5-11-27/h2-3,6-9,12,14H,1,4-5,10-11,13H2,(H,26,28). The first-order chi connectivity index (χ1) is 14.1. The largest absolute Gasteiger partial charge is 0.370 e. The number of anilines is 2. The van der Waals surface area contributed by atoms with E-state index in [1.54, 1.807) is 6.07 Å². The summed E-state index contributed by atoms with van der Waals surface area (Å²) in [7, 11) is 0. The molecule has 1 aliphatic rings. The monoisotopic (exact) mass is 429 g/mol. The Morgan fingerprint density at radius 1 is 1.17 bits per heavy atom. The minimum Gasteiger partial charge on any atom is -0.370 e. The molecular weight excluding hydrogens is 409 g/mol. The van der Waals surface area contributed by atoms with Crippen LogP contribution < -0.4 is 10.2 Å². The highest BCUT2D eigenvalue weighted by atomic mass is 35.5. The third-order valence-corrected chi connectivity index (χ3v) is 6.18. The second-order valence-corrected chi connectivity index (χ2v) is 8.32. The number of hydrogen-bond acceptors (Lipinski definition) is 4. The highest BCUT2D eigenvalue weighted by Crippen LogP contribution is 2.31. The number of thiazole rings is 1. The van der Waals surface area contributed by atoms with Gasteiger partial charge in [0.05, 0.1) is 28.5 Å². The van der Waals surface area contributed by atoms with E-state index in [4.69, 9.17) is 11.6 Å². The molecule has 2 aromatic carbocycles. The van der Waals surface area contributed by atoms with E-state index >= 15 is 0 Å². The number of benzene rings is 2. The van der Waals surface area contributed by atoms with Gasteiger partial charge in [-0.05, 0) is 43.5 Å². The molecule has 0 bridgehead atoms. The molecule has 1 aromatic heterocycles. The van der Waals surface area contributed by atoms with Gasteiger partial charge in [-0.15, -0.1) is 11.3 Å². The average molecular weight is 430 g/mol. The number of hydrogen-bond donors (Lipinski definition) is 1. The lowest BCUT2D eigenvalue weighted by Gasteiger charge is -2.30. The van der Waals surface area contributed by atoms with Crippen molar-refractivity contribution in [2.45, 2.75) is 25.7 Å². The molecule has 4 rings (SSSR count). The molecule has 0 saturated carbocycles. The third-order valence-electron chi connectivity index (χ3n) is 4.93. The van der Waals surface area contributed by atoms with Gasteiger partial charge in [0.2, 0.25) is 5.91 Å². The van der Waals surface area contributed by atoms with Gasteiger partial charge < -0.3 is 10.2 Å². The first kappa shape index (κ1) is 19.9. The number of carbonyl (C=O) groups is 1. The lowest BCUT2D eigenvalue weighted by Crippen LogP contribution is -2.30. The Kier molecular flexibility index (Phi) is 6.11. The van der Waals surface area contributed by atoms with Gasteiger partial charge in [0.15, 0.2) is 0 Å². The van der Waals surface area contributed by atoms with Gasteiger partial charge in [-0.25, -0.2) is 9.37 Å². The number of halogens is 2. The first-order valence-electron chi connectivity index (χ1n) is 9.64. The highest BCUT2D eigenvalue weighted by Gasteiger charge is 2.17. The maximum atomic E-state index is 13.8. The summed E-state index contributed by atoms with van der Waals surface area (Å²) in [5.74, 6) is -0.583. The summed E-state index contributed by atoms with van der Waals surface area (Å²) in [4.78, 5) is 19.4. The second-order valence-electron chi connectivity index (χ2n) is 7.06. The average Bonchev–Trinajstić information content (AvgIpc) is 3.17. The molecule has 0 radical (unpaired) electrons. The van der Waals surface area contributed by atoms with Crippen molar-refractivity contribution < 1.29 is 9.18 Å². The van der Waals surface area contributed by atoms with Crippen molar-refractivity contribution in [2.75, 3.05) is 23.3 Å². The van der Waals surface area contributed by atoms with Crippen LogP contribution in [0.15, 0.2) is 47.8 Å². The molecule has 1 aliphatic heterocycles. The van der Waals surface area contributed by atoms with E-state index in [0.29, 0.717) is 16.4 Å². The van der Waals surface area contributed by atoms with Gasteiger partial charge in [-0.2, -0.15) is 0 Å². The van der Waals surface area contributed by atoms with Gasteiger partial charge in [-0.3, -0.25) is 4.79 Å². The SMILES string of the molecule is O=C(Cc1csc(-c2ccccc2Cl)n1)Nc1cc(F)ccc1N1CCCCC1. The van der Waals surface area contributed by atoms with Crippen LogP contribution in [0.1, 0.15) is 25.0 Å². The maximum Gasteiger partial charge on any atom is 0.230 e. The van der Waals surface area contributed by atoms with Crippen molar-refractivity contribution >= 4 is 40.2 Å². The molecule has 0 atom stereocenters. The van der Waals surface area contributed by atoms with Crippen molar-refractivity contribution in [1.82, 2.24) is 4.98 Å². The quantitative estimate of drug-likeness (QED) is 0.559. The molecule has 0 unspecified atom stereocenters. The van der Waals surface area contributed by atoms with E-state index in [2.05, 4.69) is 15.2 Å². The first-order valence-corrected chi connectivity index (χ1v) is 10.9. The number of piperidine rings is 1. The van der Waals surface area contributed by atoms with Crippen LogP contribution in [0.5, 0.6) is 0 Å². The molecule has 2 heterocycles. The number of nitrogens with one attached hydrogen (secondary N) is 1. The smallest absolute Gasteiger partial charge is 0.230 e. The molecule has 4 nitrogen and oxygen atoms in total. The Morgan fingerprint density at radius 3 is 2.76 bits per heavy atom.